The van der Waals surface area contributed by atoms with Gasteiger partial charge in [0.05, 0.1) is 20.8 Å². The summed E-state index contributed by atoms with van der Waals surface area (Å²) in [4.78, 5) is 23.5. The number of carbonyl (C=O) groups excluding carboxylic acids is 2. The molecular formula is C19H13BrFIN2O4. The summed E-state index contributed by atoms with van der Waals surface area (Å²) in [5, 5.41) is 11.7. The van der Waals surface area contributed by atoms with Crippen molar-refractivity contribution in [2.24, 2.45) is 0 Å². The van der Waals surface area contributed by atoms with Gasteiger partial charge < -0.3 is 14.8 Å². The first kappa shape index (κ1) is 21.8. The van der Waals surface area contributed by atoms with Crippen LogP contribution in [0, 0.1) is 20.7 Å². The lowest BCUT2D eigenvalue weighted by Gasteiger charge is -2.11. The van der Waals surface area contributed by atoms with E-state index in [1.54, 1.807) is 18.2 Å². The maximum atomic E-state index is 13.7. The molecule has 0 bridgehead atoms. The van der Waals surface area contributed by atoms with Gasteiger partial charge in [-0.2, -0.15) is 5.26 Å². The minimum Gasteiger partial charge on any atom is -0.480 e. The molecule has 2 aromatic rings. The van der Waals surface area contributed by atoms with Gasteiger partial charge in [-0.25, -0.2) is 9.18 Å². The van der Waals surface area contributed by atoms with Crippen LogP contribution in [0.4, 0.5) is 10.1 Å². The van der Waals surface area contributed by atoms with Gasteiger partial charge in [-0.1, -0.05) is 12.1 Å². The molecule has 0 atom stereocenters. The topological polar surface area (TPSA) is 88.4 Å². The number of rotatable bonds is 6. The Morgan fingerprint density at radius 1 is 1.36 bits per heavy atom. The molecule has 0 aliphatic carbocycles. The van der Waals surface area contributed by atoms with Crippen molar-refractivity contribution in [3.63, 3.8) is 0 Å². The van der Waals surface area contributed by atoms with Gasteiger partial charge in [0.25, 0.3) is 5.91 Å². The van der Waals surface area contributed by atoms with Crippen molar-refractivity contribution in [1.82, 2.24) is 0 Å². The van der Waals surface area contributed by atoms with Gasteiger partial charge in [0.15, 0.2) is 6.61 Å². The number of nitrogens with zero attached hydrogens (tertiary/aromatic N) is 1. The molecule has 28 heavy (non-hydrogen) atoms. The largest absolute Gasteiger partial charge is 0.480 e. The van der Waals surface area contributed by atoms with Crippen LogP contribution < -0.4 is 10.1 Å². The number of benzene rings is 2. The quantitative estimate of drug-likeness (QED) is 0.247. The van der Waals surface area contributed by atoms with Crippen molar-refractivity contribution in [2.75, 3.05) is 19.0 Å². The van der Waals surface area contributed by atoms with E-state index in [1.807, 2.05) is 28.7 Å². The number of ether oxygens (including phenoxy) is 2. The standard InChI is InChI=1S/C19H13BrFIN2O4/c1-27-17(25)10-28-18-13(20)7-11(8-15(18)22)6-12(9-23)19(26)24-16-5-3-2-4-14(16)21/h2-8H,10H2,1H3,(H,24,26)/b12-6-. The van der Waals surface area contributed by atoms with E-state index in [1.165, 1.54) is 31.4 Å². The summed E-state index contributed by atoms with van der Waals surface area (Å²) in [6, 6.07) is 10.8. The highest BCUT2D eigenvalue weighted by Crippen LogP contribution is 2.32. The first-order valence-corrected chi connectivity index (χ1v) is 9.59. The van der Waals surface area contributed by atoms with E-state index in [0.29, 0.717) is 19.4 Å². The molecule has 1 N–H and O–H groups in total. The molecule has 1 amide bonds. The molecule has 0 aliphatic rings. The van der Waals surface area contributed by atoms with Crippen LogP contribution in [0.3, 0.4) is 0 Å². The van der Waals surface area contributed by atoms with Gasteiger partial charge in [-0.05, 0) is 74.4 Å². The molecule has 0 unspecified atom stereocenters. The van der Waals surface area contributed by atoms with E-state index in [4.69, 9.17) is 4.74 Å². The number of para-hydroxylation sites is 1. The van der Waals surface area contributed by atoms with E-state index in [2.05, 4.69) is 26.0 Å². The normalized spacial score (nSPS) is 10.8. The Balaban J connectivity index is 2.24. The minimum atomic E-state index is -0.732. The van der Waals surface area contributed by atoms with E-state index >= 15 is 0 Å². The third-order valence-corrected chi connectivity index (χ3v) is 4.77. The Morgan fingerprint density at radius 3 is 2.68 bits per heavy atom. The molecule has 0 fully saturated rings. The molecule has 0 aliphatic heterocycles. The van der Waals surface area contributed by atoms with Gasteiger partial charge in [0.2, 0.25) is 0 Å². The first-order valence-electron chi connectivity index (χ1n) is 7.72. The Bertz CT molecular complexity index is 965. The number of nitrogens with one attached hydrogen (secondary N) is 1. The highest BCUT2D eigenvalue weighted by molar-refractivity contribution is 14.1. The zero-order chi connectivity index (χ0) is 20.7. The number of nitriles is 1. The Hall–Kier alpha value is -2.45. The van der Waals surface area contributed by atoms with Crippen LogP contribution in [0.1, 0.15) is 5.56 Å². The molecule has 0 spiro atoms. The van der Waals surface area contributed by atoms with Crippen LogP contribution in [0.2, 0.25) is 0 Å². The van der Waals surface area contributed by atoms with E-state index in [-0.39, 0.29) is 17.9 Å². The van der Waals surface area contributed by atoms with E-state index in [0.717, 1.165) is 0 Å². The lowest BCUT2D eigenvalue weighted by atomic mass is 10.1. The molecule has 6 nitrogen and oxygen atoms in total. The van der Waals surface area contributed by atoms with E-state index in [9.17, 15) is 19.2 Å². The minimum absolute atomic E-state index is 0.0176. The highest BCUT2D eigenvalue weighted by Gasteiger charge is 2.14. The molecule has 0 heterocycles. The molecule has 0 aromatic heterocycles. The van der Waals surface area contributed by atoms with Gasteiger partial charge in [-0.15, -0.1) is 0 Å². The Morgan fingerprint density at radius 2 is 2.07 bits per heavy atom. The fourth-order valence-electron chi connectivity index (χ4n) is 2.06. The maximum Gasteiger partial charge on any atom is 0.343 e. The summed E-state index contributed by atoms with van der Waals surface area (Å²) in [7, 11) is 1.26. The molecule has 0 saturated heterocycles. The number of esters is 1. The second-order valence-electron chi connectivity index (χ2n) is 5.28. The summed E-state index contributed by atoms with van der Waals surface area (Å²) < 4.78 is 24.8. The maximum absolute atomic E-state index is 13.7. The SMILES string of the molecule is COC(=O)COc1c(Br)cc(/C=C(/C#N)C(=O)Nc2ccccc2F)cc1I. The predicted octanol–water partition coefficient (Wildman–Crippen LogP) is 4.29. The fraction of sp³-hybridized carbons (Fsp3) is 0.105. The zero-order valence-electron chi connectivity index (χ0n) is 14.5. The third kappa shape index (κ3) is 5.77. The van der Waals surface area contributed by atoms with Crippen LogP contribution in [0.15, 0.2) is 46.4 Å². The molecule has 9 heteroatoms. The van der Waals surface area contributed by atoms with Crippen LogP contribution >= 0.6 is 38.5 Å². The smallest absolute Gasteiger partial charge is 0.343 e. The van der Waals surface area contributed by atoms with Crippen molar-refractivity contribution in [3.05, 3.63) is 61.4 Å². The van der Waals surface area contributed by atoms with Crippen molar-refractivity contribution in [3.8, 4) is 11.8 Å². The molecule has 0 radical (unpaired) electrons. The number of carbonyl (C=O) groups is 2. The van der Waals surface area contributed by atoms with Crippen LogP contribution in [-0.4, -0.2) is 25.6 Å². The number of halogens is 3. The first-order chi connectivity index (χ1) is 13.3. The molecule has 0 saturated carbocycles. The van der Waals surface area contributed by atoms with E-state index < -0.39 is 17.7 Å². The van der Waals surface area contributed by atoms with Crippen molar-refractivity contribution in [2.45, 2.75) is 0 Å². The van der Waals surface area contributed by atoms with Crippen molar-refractivity contribution >= 4 is 62.2 Å². The predicted molar refractivity (Wildman–Crippen MR) is 113 cm³/mol. The molecular weight excluding hydrogens is 546 g/mol. The monoisotopic (exact) mass is 558 g/mol. The average Bonchev–Trinajstić information content (AvgIpc) is 2.66. The number of hydrogen-bond acceptors (Lipinski definition) is 5. The van der Waals surface area contributed by atoms with Gasteiger partial charge >= 0.3 is 5.97 Å². The summed E-state index contributed by atoms with van der Waals surface area (Å²) in [6.45, 7) is -0.255. The Labute approximate surface area is 182 Å². The summed E-state index contributed by atoms with van der Waals surface area (Å²) in [5.74, 6) is -1.43. The van der Waals surface area contributed by atoms with Gasteiger partial charge in [0.1, 0.15) is 23.2 Å². The summed E-state index contributed by atoms with van der Waals surface area (Å²) >= 11 is 5.34. The van der Waals surface area contributed by atoms with Crippen molar-refractivity contribution < 1.29 is 23.5 Å². The molecule has 2 rings (SSSR count). The second-order valence-corrected chi connectivity index (χ2v) is 7.30. The van der Waals surface area contributed by atoms with Crippen LogP contribution in [0.5, 0.6) is 5.75 Å². The van der Waals surface area contributed by atoms with Crippen molar-refractivity contribution in [1.29, 1.82) is 5.26 Å². The number of amides is 1. The number of anilines is 1. The van der Waals surface area contributed by atoms with Gasteiger partial charge in [0, 0.05) is 0 Å². The lowest BCUT2D eigenvalue weighted by Crippen LogP contribution is -2.14. The molecule has 144 valence electrons. The molecule has 2 aromatic carbocycles. The summed E-state index contributed by atoms with van der Waals surface area (Å²) in [6.07, 6.45) is 1.37. The second kappa shape index (κ2) is 10.2. The Kier molecular flexibility index (Phi) is 7.95. The number of methoxy groups -OCH3 is 1. The number of hydrogen-bond donors (Lipinski definition) is 1. The third-order valence-electron chi connectivity index (χ3n) is 3.38. The van der Waals surface area contributed by atoms with Crippen LogP contribution in [0.25, 0.3) is 6.08 Å². The highest BCUT2D eigenvalue weighted by atomic mass is 127. The zero-order valence-corrected chi connectivity index (χ0v) is 18.2. The summed E-state index contributed by atoms with van der Waals surface area (Å²) in [5.41, 5.74) is 0.326. The fourth-order valence-corrected chi connectivity index (χ4v) is 3.83. The average molecular weight is 559 g/mol. The van der Waals surface area contributed by atoms with Crippen LogP contribution in [-0.2, 0) is 14.3 Å². The lowest BCUT2D eigenvalue weighted by molar-refractivity contribution is -0.142. The van der Waals surface area contributed by atoms with Gasteiger partial charge in [-0.3, -0.25) is 4.79 Å².